The van der Waals surface area contributed by atoms with E-state index < -0.39 is 12.1 Å². The van der Waals surface area contributed by atoms with E-state index in [1.807, 2.05) is 41.0 Å². The fourth-order valence-electron chi connectivity index (χ4n) is 5.74. The Balaban J connectivity index is 1.20. The number of benzene rings is 1. The van der Waals surface area contributed by atoms with Gasteiger partial charge in [-0.25, -0.2) is 4.79 Å². The van der Waals surface area contributed by atoms with E-state index in [0.29, 0.717) is 25.1 Å². The lowest BCUT2D eigenvalue weighted by Crippen LogP contribution is -2.48. The quantitative estimate of drug-likeness (QED) is 0.580. The van der Waals surface area contributed by atoms with Crippen molar-refractivity contribution in [3.8, 4) is 0 Å². The van der Waals surface area contributed by atoms with Crippen LogP contribution in [0.15, 0.2) is 29.6 Å². The first-order valence-corrected chi connectivity index (χ1v) is 14.7. The maximum atomic E-state index is 13.4. The lowest BCUT2D eigenvalue weighted by Gasteiger charge is -2.29. The lowest BCUT2D eigenvalue weighted by atomic mass is 10.0. The molecule has 0 N–H and O–H groups in total. The first-order valence-electron chi connectivity index (χ1n) is 13.8. The Hall–Kier alpha value is -2.91. The number of carbonyl (C=O) groups is 3. The van der Waals surface area contributed by atoms with Gasteiger partial charge in [0.1, 0.15) is 12.6 Å². The molecule has 8 nitrogen and oxygen atoms in total. The standard InChI is InChI=1S/C29H38N4O4S/c1-21-19-22(27(34)32-14-4-3-8-26-24(32)11-18-38-26)9-10-23(21)20-37-29(36)33-15-5-7-25(33)28(35)31-13-6-12-30(2)16-17-31/h9-11,18-19,25H,3-8,12-17,20H2,1-2H3/t25-/m0/s1. The van der Waals surface area contributed by atoms with Crippen molar-refractivity contribution < 1.29 is 19.1 Å². The van der Waals surface area contributed by atoms with Gasteiger partial charge in [0.05, 0.1) is 5.69 Å². The van der Waals surface area contributed by atoms with Gasteiger partial charge in [-0.1, -0.05) is 6.07 Å². The van der Waals surface area contributed by atoms with Gasteiger partial charge in [0.25, 0.3) is 5.91 Å². The van der Waals surface area contributed by atoms with Gasteiger partial charge in [0.15, 0.2) is 0 Å². The van der Waals surface area contributed by atoms with E-state index in [9.17, 15) is 14.4 Å². The summed E-state index contributed by atoms with van der Waals surface area (Å²) in [5.41, 5.74) is 3.45. The summed E-state index contributed by atoms with van der Waals surface area (Å²) in [4.78, 5) is 48.6. The highest BCUT2D eigenvalue weighted by Crippen LogP contribution is 2.32. The van der Waals surface area contributed by atoms with E-state index in [2.05, 4.69) is 17.3 Å². The highest BCUT2D eigenvalue weighted by atomic mass is 32.1. The first kappa shape index (κ1) is 26.7. The Morgan fingerprint density at radius 3 is 2.68 bits per heavy atom. The maximum absolute atomic E-state index is 13.4. The van der Waals surface area contributed by atoms with Crippen molar-refractivity contribution in [2.45, 2.75) is 58.1 Å². The summed E-state index contributed by atoms with van der Waals surface area (Å²) in [6, 6.07) is 7.20. The molecule has 3 aliphatic heterocycles. The van der Waals surface area contributed by atoms with Gasteiger partial charge < -0.3 is 19.4 Å². The predicted molar refractivity (Wildman–Crippen MR) is 149 cm³/mol. The molecule has 204 valence electrons. The van der Waals surface area contributed by atoms with Crippen molar-refractivity contribution in [3.63, 3.8) is 0 Å². The number of hydrogen-bond donors (Lipinski definition) is 0. The number of likely N-dealkylation sites (tertiary alicyclic amines) is 1. The first-order chi connectivity index (χ1) is 18.4. The Bertz CT molecular complexity index is 1180. The molecule has 2 fully saturated rings. The number of hydrogen-bond acceptors (Lipinski definition) is 6. The number of thiophene rings is 1. The summed E-state index contributed by atoms with van der Waals surface area (Å²) < 4.78 is 5.69. The molecule has 38 heavy (non-hydrogen) atoms. The number of carbonyl (C=O) groups excluding carboxylic acids is 3. The van der Waals surface area contributed by atoms with Crippen LogP contribution >= 0.6 is 11.3 Å². The highest BCUT2D eigenvalue weighted by Gasteiger charge is 2.37. The highest BCUT2D eigenvalue weighted by molar-refractivity contribution is 7.10. The van der Waals surface area contributed by atoms with Crippen LogP contribution in [0.2, 0.25) is 0 Å². The van der Waals surface area contributed by atoms with Crippen LogP contribution in [0.1, 0.15) is 58.5 Å². The fourth-order valence-corrected chi connectivity index (χ4v) is 6.66. The van der Waals surface area contributed by atoms with Crippen LogP contribution in [0.25, 0.3) is 0 Å². The van der Waals surface area contributed by atoms with Crippen LogP contribution in [0.5, 0.6) is 0 Å². The molecular weight excluding hydrogens is 500 g/mol. The molecule has 3 aliphatic rings. The number of anilines is 1. The predicted octanol–water partition coefficient (Wildman–Crippen LogP) is 4.30. The SMILES string of the molecule is Cc1cc(C(=O)N2CCCCc3sccc32)ccc1COC(=O)N1CCC[C@H]1C(=O)N1CCCN(C)CC1. The van der Waals surface area contributed by atoms with Gasteiger partial charge >= 0.3 is 6.09 Å². The van der Waals surface area contributed by atoms with E-state index in [1.54, 1.807) is 16.2 Å². The molecule has 2 aromatic rings. The van der Waals surface area contributed by atoms with Gasteiger partial charge in [-0.3, -0.25) is 14.5 Å². The second-order valence-electron chi connectivity index (χ2n) is 10.7. The Morgan fingerprint density at radius 2 is 1.84 bits per heavy atom. The lowest BCUT2D eigenvalue weighted by molar-refractivity contribution is -0.135. The largest absolute Gasteiger partial charge is 0.445 e. The molecule has 0 unspecified atom stereocenters. The minimum Gasteiger partial charge on any atom is -0.445 e. The average Bonchev–Trinajstić information content (AvgIpc) is 3.49. The van der Waals surface area contributed by atoms with Crippen LogP contribution in [-0.4, -0.2) is 85.0 Å². The Kier molecular flexibility index (Phi) is 8.33. The Labute approximate surface area is 229 Å². The molecule has 0 bridgehead atoms. The summed E-state index contributed by atoms with van der Waals surface area (Å²) in [5.74, 6) is 0.0485. The number of amides is 3. The van der Waals surface area contributed by atoms with Crippen molar-refractivity contribution >= 4 is 34.9 Å². The van der Waals surface area contributed by atoms with Crippen LogP contribution in [-0.2, 0) is 22.6 Å². The zero-order valence-corrected chi connectivity index (χ0v) is 23.3. The van der Waals surface area contributed by atoms with E-state index in [-0.39, 0.29) is 18.4 Å². The monoisotopic (exact) mass is 538 g/mol. The summed E-state index contributed by atoms with van der Waals surface area (Å²) in [5, 5.41) is 2.06. The van der Waals surface area contributed by atoms with Gasteiger partial charge in [-0.05, 0) is 93.7 Å². The molecule has 0 spiro atoms. The Morgan fingerprint density at radius 1 is 0.974 bits per heavy atom. The van der Waals surface area contributed by atoms with E-state index in [1.165, 1.54) is 4.88 Å². The average molecular weight is 539 g/mol. The van der Waals surface area contributed by atoms with Crippen molar-refractivity contribution in [3.05, 3.63) is 51.2 Å². The van der Waals surface area contributed by atoms with Crippen molar-refractivity contribution in [2.75, 3.05) is 51.2 Å². The molecule has 1 aromatic heterocycles. The minimum absolute atomic E-state index is 0.0105. The van der Waals surface area contributed by atoms with Crippen molar-refractivity contribution in [1.82, 2.24) is 14.7 Å². The zero-order chi connectivity index (χ0) is 26.6. The number of rotatable bonds is 4. The topological polar surface area (TPSA) is 73.4 Å². The summed E-state index contributed by atoms with van der Waals surface area (Å²) >= 11 is 1.72. The van der Waals surface area contributed by atoms with Crippen LogP contribution in [0, 0.1) is 6.92 Å². The third-order valence-electron chi connectivity index (χ3n) is 8.04. The molecule has 5 rings (SSSR count). The number of nitrogens with zero attached hydrogens (tertiary/aromatic N) is 4. The fraction of sp³-hybridized carbons (Fsp3) is 0.552. The molecule has 3 amide bonds. The van der Waals surface area contributed by atoms with Gasteiger partial charge in [-0.15, -0.1) is 11.3 Å². The van der Waals surface area contributed by atoms with Gasteiger partial charge in [0, 0.05) is 43.2 Å². The molecule has 0 aliphatic carbocycles. The van der Waals surface area contributed by atoms with Crippen LogP contribution < -0.4 is 4.90 Å². The maximum Gasteiger partial charge on any atom is 0.410 e. The molecule has 2 saturated heterocycles. The van der Waals surface area contributed by atoms with E-state index in [0.717, 1.165) is 75.1 Å². The summed E-state index contributed by atoms with van der Waals surface area (Å²) in [6.45, 7) is 6.59. The molecule has 0 saturated carbocycles. The normalized spacial score (nSPS) is 20.6. The molecule has 4 heterocycles. The van der Waals surface area contributed by atoms with Crippen LogP contribution in [0.4, 0.5) is 10.5 Å². The number of ether oxygens (including phenoxy) is 1. The van der Waals surface area contributed by atoms with Crippen molar-refractivity contribution in [2.24, 2.45) is 0 Å². The van der Waals surface area contributed by atoms with Crippen molar-refractivity contribution in [1.29, 1.82) is 0 Å². The third-order valence-corrected chi connectivity index (χ3v) is 9.01. The summed E-state index contributed by atoms with van der Waals surface area (Å²) in [7, 11) is 2.08. The molecule has 9 heteroatoms. The van der Waals surface area contributed by atoms with E-state index >= 15 is 0 Å². The minimum atomic E-state index is -0.443. The van der Waals surface area contributed by atoms with Gasteiger partial charge in [-0.2, -0.15) is 0 Å². The third kappa shape index (κ3) is 5.73. The number of likely N-dealkylation sites (N-methyl/N-ethyl adjacent to an activating group) is 1. The second-order valence-corrected chi connectivity index (χ2v) is 11.7. The van der Waals surface area contributed by atoms with Gasteiger partial charge in [0.2, 0.25) is 5.91 Å². The summed E-state index contributed by atoms with van der Waals surface area (Å²) in [6.07, 6.45) is 5.11. The second kappa shape index (κ2) is 11.9. The molecule has 1 aromatic carbocycles. The van der Waals surface area contributed by atoms with E-state index in [4.69, 9.17) is 4.74 Å². The molecular formula is C29H38N4O4S. The molecule has 0 radical (unpaired) electrons. The zero-order valence-electron chi connectivity index (χ0n) is 22.5. The smallest absolute Gasteiger partial charge is 0.410 e. The van der Waals surface area contributed by atoms with Crippen LogP contribution in [0.3, 0.4) is 0 Å². The number of aryl methyl sites for hydroxylation is 2. The number of fused-ring (bicyclic) bond motifs is 1. The molecule has 1 atom stereocenters.